The summed E-state index contributed by atoms with van der Waals surface area (Å²) in [4.78, 5) is 197. The molecular formula is C82H108ClN17O14. The van der Waals surface area contributed by atoms with E-state index in [9.17, 15) is 57.8 Å². The number of halogens is 1. The van der Waals surface area contributed by atoms with Crippen molar-refractivity contribution in [1.82, 2.24) is 83.7 Å². The van der Waals surface area contributed by atoms with Gasteiger partial charge in [0, 0.05) is 94.1 Å². The van der Waals surface area contributed by atoms with Crippen molar-refractivity contribution in [3.05, 3.63) is 173 Å². The molecule has 114 heavy (non-hydrogen) atoms. The predicted molar refractivity (Wildman–Crippen MR) is 428 cm³/mol. The van der Waals surface area contributed by atoms with Gasteiger partial charge in [-0.1, -0.05) is 100.0 Å². The smallest absolute Gasteiger partial charge is 0.252 e. The van der Waals surface area contributed by atoms with Crippen LogP contribution in [0.3, 0.4) is 0 Å². The lowest BCUT2D eigenvalue weighted by Crippen LogP contribution is -2.61. The molecule has 1 saturated heterocycles. The van der Waals surface area contributed by atoms with Crippen molar-refractivity contribution in [3.63, 3.8) is 0 Å². The first-order valence-corrected chi connectivity index (χ1v) is 39.2. The predicted octanol–water partition coefficient (Wildman–Crippen LogP) is 2.99. The zero-order valence-corrected chi connectivity index (χ0v) is 66.1. The Labute approximate surface area is 669 Å². The maximum Gasteiger partial charge on any atom is 0.252 e. The van der Waals surface area contributed by atoms with Crippen LogP contribution in [0, 0.1) is 5.92 Å². The van der Waals surface area contributed by atoms with Crippen LogP contribution >= 0.6 is 11.6 Å². The molecule has 4 heterocycles. The number of nitrogens with two attached hydrogens (primary N) is 1. The van der Waals surface area contributed by atoms with Crippen LogP contribution in [0.1, 0.15) is 156 Å². The first kappa shape index (κ1) is 89.9. The van der Waals surface area contributed by atoms with E-state index in [0.717, 1.165) is 10.8 Å². The van der Waals surface area contributed by atoms with Gasteiger partial charge >= 0.3 is 0 Å². The van der Waals surface area contributed by atoms with E-state index in [1.165, 1.54) is 55.9 Å². The van der Waals surface area contributed by atoms with Crippen LogP contribution in [0.5, 0.6) is 0 Å². The molecule has 1 aliphatic rings. The van der Waals surface area contributed by atoms with Gasteiger partial charge in [-0.05, 0) is 166 Å². The molecule has 15 N–H and O–H groups in total. The first-order valence-electron chi connectivity index (χ1n) is 38.8. The molecular weight excluding hydrogens is 1480 g/mol. The molecule has 0 saturated carbocycles. The molecule has 0 aliphatic carbocycles. The van der Waals surface area contributed by atoms with Gasteiger partial charge in [0.05, 0.1) is 17.7 Å². The summed E-state index contributed by atoms with van der Waals surface area (Å²) < 4.78 is 0. The lowest BCUT2D eigenvalue weighted by Gasteiger charge is -2.31. The lowest BCUT2D eigenvalue weighted by atomic mass is 9.99. The molecule has 1 aliphatic heterocycles. The summed E-state index contributed by atoms with van der Waals surface area (Å²) in [6.45, 7) is 10.2. The maximum atomic E-state index is 15.2. The average molecular weight is 1590 g/mol. The Morgan fingerprint density at radius 1 is 0.482 bits per heavy atom. The largest absolute Gasteiger partial charge is 0.394 e. The number of hydrogen-bond acceptors (Lipinski definition) is 18. The van der Waals surface area contributed by atoms with Crippen LogP contribution in [0.15, 0.2) is 140 Å². The Balaban J connectivity index is 1.15. The average Bonchev–Trinajstić information content (AvgIpc) is 1.51. The number of aliphatic hydroxyl groups excluding tert-OH is 1. The molecule has 0 unspecified atom stereocenters. The van der Waals surface area contributed by atoms with Crippen LogP contribution < -0.4 is 69.5 Å². The SMILES string of the molecule is CC(=O)N[C@H](Cc1ccc2ccccc2c1)C(=O)N[C@H](Cc1ccc(Cl)cc1)C(=O)N[C@H](Cc1cccnc1)C(=O)N[C@@H](CO)C(=O)N[C@@H](CCCCNC(=O)c1cccnc1)C(=O)N[C@H](CCCCNC(=O)c1cccnc1)C(=O)N[C@@H](CC(C)C)C(=O)N[C@@H](CCCCNC(C)C)C(=O)N1CCC[C@H]1C(=O)N[C@H](C)C(N)=O. The van der Waals surface area contributed by atoms with Crippen molar-refractivity contribution in [1.29, 1.82) is 0 Å². The van der Waals surface area contributed by atoms with Gasteiger partial charge in [0.25, 0.3) is 11.8 Å². The second-order valence-corrected chi connectivity index (χ2v) is 29.6. The second-order valence-electron chi connectivity index (χ2n) is 29.2. The first-order chi connectivity index (χ1) is 54.7. The fourth-order valence-electron chi connectivity index (χ4n) is 13.0. The molecule has 3 aromatic carbocycles. The number of nitrogens with zero attached hydrogens (tertiary/aromatic N) is 4. The number of hydrogen-bond donors (Lipinski definition) is 14. The van der Waals surface area contributed by atoms with Gasteiger partial charge in [-0.2, -0.15) is 0 Å². The molecule has 1 fully saturated rings. The molecule has 0 bridgehead atoms. The Morgan fingerprint density at radius 2 is 0.939 bits per heavy atom. The van der Waals surface area contributed by atoms with Crippen molar-refractivity contribution in [2.24, 2.45) is 11.7 Å². The number of unbranched alkanes of at least 4 members (excludes halogenated alkanes) is 3. The number of rotatable bonds is 46. The van der Waals surface area contributed by atoms with E-state index in [1.54, 1.807) is 60.7 Å². The zero-order valence-electron chi connectivity index (χ0n) is 65.3. The second kappa shape index (κ2) is 46.6. The monoisotopic (exact) mass is 1590 g/mol. The zero-order chi connectivity index (χ0) is 82.6. The van der Waals surface area contributed by atoms with E-state index in [2.05, 4.69) is 78.8 Å². The molecule has 6 aromatic rings. The number of fused-ring (bicyclic) bond motifs is 1. The number of benzene rings is 3. The van der Waals surface area contributed by atoms with Gasteiger partial charge in [0.2, 0.25) is 65.0 Å². The highest BCUT2D eigenvalue weighted by molar-refractivity contribution is 6.30. The van der Waals surface area contributed by atoms with E-state index < -0.39 is 144 Å². The number of pyridine rings is 3. The third-order valence-corrected chi connectivity index (χ3v) is 19.4. The van der Waals surface area contributed by atoms with Crippen molar-refractivity contribution < 1.29 is 67.4 Å². The molecule has 7 rings (SSSR count). The van der Waals surface area contributed by atoms with Gasteiger partial charge in [-0.3, -0.25) is 77.3 Å². The maximum absolute atomic E-state index is 15.2. The number of amides is 13. The van der Waals surface area contributed by atoms with E-state index in [1.807, 2.05) is 70.2 Å². The van der Waals surface area contributed by atoms with Gasteiger partial charge in [-0.25, -0.2) is 0 Å². The van der Waals surface area contributed by atoms with E-state index in [0.29, 0.717) is 53.1 Å². The highest BCUT2D eigenvalue weighted by Crippen LogP contribution is 2.23. The van der Waals surface area contributed by atoms with E-state index in [-0.39, 0.29) is 114 Å². The van der Waals surface area contributed by atoms with Crippen molar-refractivity contribution in [3.8, 4) is 0 Å². The molecule has 31 nitrogen and oxygen atoms in total. The third kappa shape index (κ3) is 30.0. The summed E-state index contributed by atoms with van der Waals surface area (Å²) >= 11 is 6.27. The van der Waals surface area contributed by atoms with Crippen LogP contribution in [-0.2, 0) is 72.0 Å². The summed E-state index contributed by atoms with van der Waals surface area (Å²) in [5, 5.41) is 46.8. The number of carbonyl (C=O) groups is 13. The molecule has 13 amide bonds. The normalized spacial score (nSPS) is 14.9. The lowest BCUT2D eigenvalue weighted by molar-refractivity contribution is -0.142. The number of likely N-dealkylation sites (tertiary alicyclic amines) is 1. The summed E-state index contributed by atoms with van der Waals surface area (Å²) in [5.41, 5.74) is 7.74. The summed E-state index contributed by atoms with van der Waals surface area (Å²) in [6, 6.07) is 15.9. The summed E-state index contributed by atoms with van der Waals surface area (Å²) in [5.74, 6) is -9.75. The Hall–Kier alpha value is -11.3. The minimum atomic E-state index is -1.83. The molecule has 612 valence electrons. The van der Waals surface area contributed by atoms with Crippen LogP contribution in [0.2, 0.25) is 5.02 Å². The van der Waals surface area contributed by atoms with Crippen LogP contribution in [-0.4, -0.2) is 201 Å². The highest BCUT2D eigenvalue weighted by atomic mass is 35.5. The van der Waals surface area contributed by atoms with Crippen LogP contribution in [0.4, 0.5) is 0 Å². The number of aromatic nitrogens is 3. The van der Waals surface area contributed by atoms with E-state index in [4.69, 9.17) is 17.3 Å². The molecule has 0 radical (unpaired) electrons. The van der Waals surface area contributed by atoms with Crippen LogP contribution in [0.25, 0.3) is 10.8 Å². The van der Waals surface area contributed by atoms with Crippen molar-refractivity contribution in [2.75, 3.05) is 32.8 Å². The third-order valence-electron chi connectivity index (χ3n) is 19.1. The van der Waals surface area contributed by atoms with Crippen molar-refractivity contribution in [2.45, 2.75) is 204 Å². The molecule has 0 spiro atoms. The van der Waals surface area contributed by atoms with Gasteiger partial charge in [0.15, 0.2) is 0 Å². The molecule has 32 heteroatoms. The number of carbonyl (C=O) groups excluding carboxylic acids is 13. The minimum Gasteiger partial charge on any atom is -0.394 e. The number of primary amides is 1. The van der Waals surface area contributed by atoms with Gasteiger partial charge < -0.3 is 79.5 Å². The van der Waals surface area contributed by atoms with Gasteiger partial charge in [0.1, 0.15) is 60.4 Å². The highest BCUT2D eigenvalue weighted by Gasteiger charge is 2.40. The quantitative estimate of drug-likeness (QED) is 0.0244. The standard InChI is InChI=1S/C82H108ClN17O14/c1-50(2)41-65(76(108)95-64(26-11-12-37-88-51(3)4)82(114)100-40-18-27-70(100)81(113)91-52(5)71(84)103)96-75(107)63(25-10-14-39-90-73(105)60-23-17-36-87-48-60)93-74(106)62(24-9-13-38-89-72(104)59-22-16-35-86-47-59)94-80(112)69(49-101)99-79(111)68(45-56-19-15-34-85-46-56)98-78(110)67(43-54-29-32-61(83)33-30-54)97-77(109)66(92-53(6)102)44-55-28-31-57-20-7-8-21-58(57)42-55/h7-8,15-17,19-23,28-36,42,46-48,50-52,62-70,88,101H,9-14,18,24-27,37-41,43-45,49H2,1-6H3,(H2,84,103)(H,89,104)(H,90,105)(H,91,113)(H,92,102)(H,93,106)(H,94,112)(H,95,108)(H,96,107)(H,97,109)(H,98,110)(H,99,111)/t52-,62+,63-,64+,65+,66-,67-,68-,69+,70+/m1/s1. The Bertz CT molecular complexity index is 4210. The summed E-state index contributed by atoms with van der Waals surface area (Å²) in [6.07, 6.45) is 10.9. The number of nitrogens with one attached hydrogen (secondary N) is 12. The number of aliphatic hydroxyl groups is 1. The van der Waals surface area contributed by atoms with Crippen molar-refractivity contribution >= 4 is 99.2 Å². The summed E-state index contributed by atoms with van der Waals surface area (Å²) in [7, 11) is 0. The fourth-order valence-corrected chi connectivity index (χ4v) is 13.1. The molecule has 3 aromatic heterocycles. The molecule has 10 atom stereocenters. The van der Waals surface area contributed by atoms with E-state index >= 15 is 9.59 Å². The Morgan fingerprint density at radius 3 is 1.46 bits per heavy atom. The topological polar surface area (TPSA) is 454 Å². The fraction of sp³-hybridized carbons (Fsp3) is 0.463. The van der Waals surface area contributed by atoms with Gasteiger partial charge in [-0.15, -0.1) is 0 Å². The Kier molecular flexibility index (Phi) is 36.8. The minimum absolute atomic E-state index is 0.0277.